The molecule has 13 heteroatoms. The molecule has 2 heterocycles. The zero-order chi connectivity index (χ0) is 24.9. The summed E-state index contributed by atoms with van der Waals surface area (Å²) < 4.78 is 63.0. The Labute approximate surface area is 202 Å². The Kier molecular flexibility index (Phi) is 9.04. The number of benzene rings is 1. The van der Waals surface area contributed by atoms with Gasteiger partial charge in [0, 0.05) is 55.1 Å². The molecule has 2 aromatic rings. The van der Waals surface area contributed by atoms with Crippen LogP contribution in [0.25, 0.3) is 0 Å². The number of nitrogens with zero attached hydrogens (tertiary/aromatic N) is 3. The number of aliphatic hydroxyl groups excluding tert-OH is 1. The highest BCUT2D eigenvalue weighted by Crippen LogP contribution is 2.26. The van der Waals surface area contributed by atoms with E-state index in [1.165, 1.54) is 22.5 Å². The number of rotatable bonds is 10. The Morgan fingerprint density at radius 2 is 2.00 bits per heavy atom. The summed E-state index contributed by atoms with van der Waals surface area (Å²) in [7, 11) is -3.91. The highest BCUT2D eigenvalue weighted by atomic mass is 32.2. The Morgan fingerprint density at radius 3 is 2.68 bits per heavy atom. The van der Waals surface area contributed by atoms with Gasteiger partial charge in [0.05, 0.1) is 6.61 Å². The Morgan fingerprint density at radius 1 is 1.29 bits per heavy atom. The standard InChI is InChI=1S/C21H29F2N5O4S2/c1-13(10-29)11-32-19-7-18(27-34(30,31)28-8-14(2)24-15(3)9-28)25-21(26-19)33-12-16-5-4-6-17(22)20(16)23/h4-7,13-15,24,29H,8-12H2,1-3H3,(H,25,26,27)/t13-,14-,15+/m1/s1. The van der Waals surface area contributed by atoms with Crippen LogP contribution in [-0.2, 0) is 16.0 Å². The molecule has 0 radical (unpaired) electrons. The second-order valence-corrected chi connectivity index (χ2v) is 11.0. The average Bonchev–Trinajstić information content (AvgIpc) is 2.77. The van der Waals surface area contributed by atoms with Crippen molar-refractivity contribution < 1.29 is 27.0 Å². The molecule has 1 aromatic heterocycles. The van der Waals surface area contributed by atoms with Crippen molar-refractivity contribution in [2.45, 2.75) is 43.8 Å². The third kappa shape index (κ3) is 7.22. The number of aliphatic hydroxyl groups is 1. The molecule has 1 aliphatic heterocycles. The minimum Gasteiger partial charge on any atom is -0.477 e. The van der Waals surface area contributed by atoms with Crippen molar-refractivity contribution in [1.29, 1.82) is 0 Å². The first kappa shape index (κ1) is 26.5. The minimum absolute atomic E-state index is 0.0114. The van der Waals surface area contributed by atoms with Crippen LogP contribution in [0, 0.1) is 17.6 Å². The van der Waals surface area contributed by atoms with Crippen LogP contribution in [0.15, 0.2) is 29.4 Å². The molecule has 3 atom stereocenters. The molecule has 9 nitrogen and oxygen atoms in total. The summed E-state index contributed by atoms with van der Waals surface area (Å²) in [6, 6.07) is 5.20. The number of hydrogen-bond acceptors (Lipinski definition) is 8. The fraction of sp³-hybridized carbons (Fsp3) is 0.524. The van der Waals surface area contributed by atoms with Gasteiger partial charge in [0.15, 0.2) is 16.8 Å². The van der Waals surface area contributed by atoms with Crippen LogP contribution >= 0.6 is 11.8 Å². The summed E-state index contributed by atoms with van der Waals surface area (Å²) in [6.07, 6.45) is 0. The van der Waals surface area contributed by atoms with E-state index in [1.807, 2.05) is 13.8 Å². The van der Waals surface area contributed by atoms with Gasteiger partial charge in [-0.1, -0.05) is 30.8 Å². The molecular weight excluding hydrogens is 488 g/mol. The molecule has 1 aliphatic rings. The Balaban J connectivity index is 1.82. The maximum Gasteiger partial charge on any atom is 0.302 e. The summed E-state index contributed by atoms with van der Waals surface area (Å²) in [6.45, 7) is 6.22. The van der Waals surface area contributed by atoms with Gasteiger partial charge in [0.2, 0.25) is 5.88 Å². The maximum atomic E-state index is 14.0. The van der Waals surface area contributed by atoms with E-state index in [1.54, 1.807) is 6.92 Å². The number of piperazine rings is 1. The van der Waals surface area contributed by atoms with Gasteiger partial charge in [-0.2, -0.15) is 17.7 Å². The second kappa shape index (κ2) is 11.6. The Hall–Kier alpha value is -2.06. The van der Waals surface area contributed by atoms with Gasteiger partial charge in [0.25, 0.3) is 0 Å². The van der Waals surface area contributed by atoms with E-state index >= 15 is 0 Å². The topological polar surface area (TPSA) is 117 Å². The highest BCUT2D eigenvalue weighted by Gasteiger charge is 2.30. The molecule has 3 N–H and O–H groups in total. The first-order chi connectivity index (χ1) is 16.1. The highest BCUT2D eigenvalue weighted by molar-refractivity contribution is 7.98. The van der Waals surface area contributed by atoms with E-state index in [9.17, 15) is 22.3 Å². The lowest BCUT2D eigenvalue weighted by Crippen LogP contribution is -2.56. The van der Waals surface area contributed by atoms with Crippen LogP contribution in [0.2, 0.25) is 0 Å². The van der Waals surface area contributed by atoms with Gasteiger partial charge < -0.3 is 15.2 Å². The first-order valence-corrected chi connectivity index (χ1v) is 13.2. The second-order valence-electron chi connectivity index (χ2n) is 8.37. The fourth-order valence-corrected chi connectivity index (χ4v) is 5.51. The van der Waals surface area contributed by atoms with Crippen LogP contribution in [0.5, 0.6) is 5.88 Å². The summed E-state index contributed by atoms with van der Waals surface area (Å²) in [5.41, 5.74) is 0.125. The lowest BCUT2D eigenvalue weighted by Gasteiger charge is -2.35. The largest absolute Gasteiger partial charge is 0.477 e. The van der Waals surface area contributed by atoms with Crippen LogP contribution in [0.3, 0.4) is 0 Å². The minimum atomic E-state index is -3.91. The predicted octanol–water partition coefficient (Wildman–Crippen LogP) is 2.39. The number of nitrogens with one attached hydrogen (secondary N) is 2. The molecular formula is C21H29F2N5O4S2. The van der Waals surface area contributed by atoms with E-state index in [2.05, 4.69) is 20.0 Å². The summed E-state index contributed by atoms with van der Waals surface area (Å²) >= 11 is 1.01. The number of ether oxygens (including phenoxy) is 1. The smallest absolute Gasteiger partial charge is 0.302 e. The zero-order valence-corrected chi connectivity index (χ0v) is 20.8. The van der Waals surface area contributed by atoms with E-state index in [-0.39, 0.29) is 59.4 Å². The molecule has 0 aliphatic carbocycles. The third-order valence-corrected chi connectivity index (χ3v) is 7.34. The van der Waals surface area contributed by atoms with Crippen molar-refractivity contribution in [3.8, 4) is 5.88 Å². The quantitative estimate of drug-likeness (QED) is 0.325. The number of hydrogen-bond donors (Lipinski definition) is 3. The molecule has 0 spiro atoms. The lowest BCUT2D eigenvalue weighted by atomic mass is 10.2. The normalized spacial score (nSPS) is 20.2. The molecule has 1 saturated heterocycles. The fourth-order valence-electron chi connectivity index (χ4n) is 3.35. The van der Waals surface area contributed by atoms with Crippen molar-refractivity contribution in [3.05, 3.63) is 41.5 Å². The number of aromatic nitrogens is 2. The van der Waals surface area contributed by atoms with E-state index in [0.717, 1.165) is 17.8 Å². The third-order valence-electron chi connectivity index (χ3n) is 5.00. The molecule has 0 bridgehead atoms. The molecule has 1 fully saturated rings. The SMILES string of the molecule is C[C@H](CO)COc1cc(NS(=O)(=O)N2C[C@@H](C)N[C@@H](C)C2)nc(SCc2cccc(F)c2F)n1. The Bertz CT molecular complexity index is 1080. The van der Waals surface area contributed by atoms with Crippen molar-refractivity contribution in [3.63, 3.8) is 0 Å². The monoisotopic (exact) mass is 517 g/mol. The van der Waals surface area contributed by atoms with E-state index in [4.69, 9.17) is 4.74 Å². The van der Waals surface area contributed by atoms with E-state index in [0.29, 0.717) is 13.1 Å². The van der Waals surface area contributed by atoms with Crippen molar-refractivity contribution in [2.75, 3.05) is 31.0 Å². The van der Waals surface area contributed by atoms with Crippen LogP contribution in [0.1, 0.15) is 26.3 Å². The lowest BCUT2D eigenvalue weighted by molar-refractivity contribution is 0.170. The maximum absolute atomic E-state index is 14.0. The van der Waals surface area contributed by atoms with Crippen LogP contribution < -0.4 is 14.8 Å². The average molecular weight is 518 g/mol. The van der Waals surface area contributed by atoms with Crippen LogP contribution in [0.4, 0.5) is 14.6 Å². The molecule has 1 aromatic carbocycles. The summed E-state index contributed by atoms with van der Waals surface area (Å²) in [5.74, 6) is -1.97. The molecule has 34 heavy (non-hydrogen) atoms. The predicted molar refractivity (Wildman–Crippen MR) is 126 cm³/mol. The number of halogens is 2. The number of thioether (sulfide) groups is 1. The number of anilines is 1. The molecule has 0 saturated carbocycles. The van der Waals surface area contributed by atoms with Gasteiger partial charge >= 0.3 is 10.2 Å². The molecule has 0 amide bonds. The summed E-state index contributed by atoms with van der Waals surface area (Å²) in [4.78, 5) is 8.49. The van der Waals surface area contributed by atoms with Crippen molar-refractivity contribution >= 4 is 27.8 Å². The van der Waals surface area contributed by atoms with Gasteiger partial charge in [-0.05, 0) is 19.9 Å². The van der Waals surface area contributed by atoms with Gasteiger partial charge in [-0.25, -0.2) is 13.8 Å². The van der Waals surface area contributed by atoms with Gasteiger partial charge in [-0.15, -0.1) is 0 Å². The molecule has 0 unspecified atom stereocenters. The zero-order valence-electron chi connectivity index (χ0n) is 19.2. The van der Waals surface area contributed by atoms with Crippen LogP contribution in [-0.4, -0.2) is 66.2 Å². The van der Waals surface area contributed by atoms with E-state index < -0.39 is 21.8 Å². The van der Waals surface area contributed by atoms with Gasteiger partial charge in [-0.3, -0.25) is 4.72 Å². The van der Waals surface area contributed by atoms with Crippen molar-refractivity contribution in [2.24, 2.45) is 5.92 Å². The van der Waals surface area contributed by atoms with Crippen molar-refractivity contribution in [1.82, 2.24) is 19.6 Å². The summed E-state index contributed by atoms with van der Waals surface area (Å²) in [5, 5.41) is 12.6. The first-order valence-electron chi connectivity index (χ1n) is 10.8. The molecule has 3 rings (SSSR count). The van der Waals surface area contributed by atoms with Gasteiger partial charge in [0.1, 0.15) is 5.82 Å². The molecule has 188 valence electrons.